The van der Waals surface area contributed by atoms with Gasteiger partial charge in [-0.25, -0.2) is 0 Å². The van der Waals surface area contributed by atoms with Gasteiger partial charge in [0.05, 0.1) is 5.38 Å². The van der Waals surface area contributed by atoms with Crippen molar-refractivity contribution in [1.29, 1.82) is 0 Å². The highest BCUT2D eigenvalue weighted by Gasteiger charge is 2.04. The topological polar surface area (TPSA) is 54.9 Å². The van der Waals surface area contributed by atoms with Crippen molar-refractivity contribution >= 4 is 23.3 Å². The number of hydrogen-bond acceptors (Lipinski definition) is 4. The Morgan fingerprint density at radius 2 is 2.46 bits per heavy atom. The molecule has 72 valence electrons. The van der Waals surface area contributed by atoms with Gasteiger partial charge in [0.2, 0.25) is 5.91 Å². The molecule has 0 aromatic carbocycles. The Morgan fingerprint density at radius 1 is 1.69 bits per heavy atom. The van der Waals surface area contributed by atoms with Crippen LogP contribution in [-0.2, 0) is 4.79 Å². The van der Waals surface area contributed by atoms with E-state index in [0.29, 0.717) is 18.2 Å². The molecule has 0 bridgehead atoms. The lowest BCUT2D eigenvalue weighted by Gasteiger charge is -2.03. The number of nitrogens with zero attached hydrogens (tertiary/aromatic N) is 2. The molecular weight excluding hydrogens is 186 g/mol. The fraction of sp³-hybridized carbons (Fsp3) is 0.625. The molecule has 1 aromatic heterocycles. The Hall–Kier alpha value is -0.970. The molecule has 0 unspecified atom stereocenters. The van der Waals surface area contributed by atoms with E-state index in [1.807, 2.05) is 0 Å². The van der Waals surface area contributed by atoms with Crippen LogP contribution in [0.2, 0.25) is 0 Å². The predicted octanol–water partition coefficient (Wildman–Crippen LogP) is 1.91. The lowest BCUT2D eigenvalue weighted by molar-refractivity contribution is -0.116. The van der Waals surface area contributed by atoms with Gasteiger partial charge in [0.25, 0.3) is 0 Å². The summed E-state index contributed by atoms with van der Waals surface area (Å²) in [5.41, 5.74) is 0. The van der Waals surface area contributed by atoms with Crippen molar-refractivity contribution in [1.82, 2.24) is 9.59 Å². The molecule has 0 atom stereocenters. The smallest absolute Gasteiger partial charge is 0.225 e. The van der Waals surface area contributed by atoms with Gasteiger partial charge in [0.15, 0.2) is 5.82 Å². The SMILES string of the molecule is CC(C)CCC(=O)Nc1csnn1. The van der Waals surface area contributed by atoms with Gasteiger partial charge in [0.1, 0.15) is 0 Å². The van der Waals surface area contributed by atoms with E-state index < -0.39 is 0 Å². The minimum Gasteiger partial charge on any atom is -0.308 e. The average molecular weight is 199 g/mol. The van der Waals surface area contributed by atoms with Crippen molar-refractivity contribution in [3.05, 3.63) is 5.38 Å². The Bertz CT molecular complexity index is 258. The Kier molecular flexibility index (Phi) is 3.82. The summed E-state index contributed by atoms with van der Waals surface area (Å²) >= 11 is 1.23. The van der Waals surface area contributed by atoms with Crippen LogP contribution in [0.5, 0.6) is 0 Å². The number of aromatic nitrogens is 2. The van der Waals surface area contributed by atoms with Gasteiger partial charge in [-0.1, -0.05) is 18.3 Å². The first-order valence-corrected chi connectivity index (χ1v) is 5.09. The van der Waals surface area contributed by atoms with Gasteiger partial charge >= 0.3 is 0 Å². The maximum absolute atomic E-state index is 11.2. The number of carbonyl (C=O) groups is 1. The van der Waals surface area contributed by atoms with Crippen LogP contribution in [0.4, 0.5) is 5.82 Å². The molecule has 1 rings (SSSR count). The first-order valence-electron chi connectivity index (χ1n) is 4.25. The highest BCUT2D eigenvalue weighted by atomic mass is 32.1. The zero-order valence-corrected chi connectivity index (χ0v) is 8.60. The van der Waals surface area contributed by atoms with Crippen LogP contribution in [-0.4, -0.2) is 15.5 Å². The van der Waals surface area contributed by atoms with E-state index in [1.165, 1.54) is 11.5 Å². The Morgan fingerprint density at radius 3 is 3.00 bits per heavy atom. The number of nitrogens with one attached hydrogen (secondary N) is 1. The zero-order chi connectivity index (χ0) is 9.68. The van der Waals surface area contributed by atoms with Gasteiger partial charge in [-0.05, 0) is 23.9 Å². The molecule has 13 heavy (non-hydrogen) atoms. The molecule has 0 spiro atoms. The molecule has 0 fully saturated rings. The molecule has 0 radical (unpaired) electrons. The fourth-order valence-electron chi connectivity index (χ4n) is 0.844. The van der Waals surface area contributed by atoms with Crippen molar-refractivity contribution in [2.75, 3.05) is 5.32 Å². The number of amides is 1. The lowest BCUT2D eigenvalue weighted by Crippen LogP contribution is -2.12. The number of hydrogen-bond donors (Lipinski definition) is 1. The first kappa shape index (κ1) is 10.1. The van der Waals surface area contributed by atoms with Crippen LogP contribution in [0.15, 0.2) is 5.38 Å². The molecule has 4 nitrogen and oxygen atoms in total. The number of anilines is 1. The predicted molar refractivity (Wildman–Crippen MR) is 52.6 cm³/mol. The molecule has 0 saturated heterocycles. The first-order chi connectivity index (χ1) is 6.18. The number of carbonyl (C=O) groups excluding carboxylic acids is 1. The van der Waals surface area contributed by atoms with Gasteiger partial charge in [-0.2, -0.15) is 0 Å². The summed E-state index contributed by atoms with van der Waals surface area (Å²) in [5, 5.41) is 8.11. The van der Waals surface area contributed by atoms with E-state index in [4.69, 9.17) is 0 Å². The fourth-order valence-corrected chi connectivity index (χ4v) is 1.23. The van der Waals surface area contributed by atoms with Crippen LogP contribution in [0.1, 0.15) is 26.7 Å². The number of rotatable bonds is 4. The van der Waals surface area contributed by atoms with Gasteiger partial charge < -0.3 is 5.32 Å². The van der Waals surface area contributed by atoms with E-state index in [-0.39, 0.29) is 5.91 Å². The molecule has 0 aliphatic heterocycles. The van der Waals surface area contributed by atoms with Gasteiger partial charge in [-0.15, -0.1) is 5.10 Å². The van der Waals surface area contributed by atoms with Crippen molar-refractivity contribution in [3.8, 4) is 0 Å². The molecule has 1 aromatic rings. The largest absolute Gasteiger partial charge is 0.308 e. The third-order valence-electron chi connectivity index (χ3n) is 1.58. The molecule has 1 N–H and O–H groups in total. The summed E-state index contributed by atoms with van der Waals surface area (Å²) in [6.45, 7) is 4.19. The summed E-state index contributed by atoms with van der Waals surface area (Å²) in [7, 11) is 0. The molecule has 1 amide bonds. The standard InChI is InChI=1S/C8H13N3OS/c1-6(2)3-4-8(12)9-7-5-13-11-10-7/h5-6H,3-4H2,1-2H3,(H,9,12). The van der Waals surface area contributed by atoms with Crippen molar-refractivity contribution in [2.24, 2.45) is 5.92 Å². The summed E-state index contributed by atoms with van der Waals surface area (Å²) in [4.78, 5) is 11.2. The van der Waals surface area contributed by atoms with E-state index in [1.54, 1.807) is 5.38 Å². The van der Waals surface area contributed by atoms with Crippen LogP contribution >= 0.6 is 11.5 Å². The molecule has 0 aliphatic carbocycles. The normalized spacial score (nSPS) is 10.4. The second kappa shape index (κ2) is 4.91. The van der Waals surface area contributed by atoms with Crippen LogP contribution in [0.3, 0.4) is 0 Å². The zero-order valence-electron chi connectivity index (χ0n) is 7.78. The Labute approximate surface area is 81.5 Å². The third kappa shape index (κ3) is 3.98. The van der Waals surface area contributed by atoms with Crippen molar-refractivity contribution < 1.29 is 4.79 Å². The second-order valence-electron chi connectivity index (χ2n) is 3.27. The quantitative estimate of drug-likeness (QED) is 0.806. The van der Waals surface area contributed by atoms with E-state index >= 15 is 0 Å². The maximum atomic E-state index is 11.2. The van der Waals surface area contributed by atoms with E-state index in [0.717, 1.165) is 6.42 Å². The highest BCUT2D eigenvalue weighted by molar-refractivity contribution is 7.03. The molecule has 0 aliphatic rings. The molecule has 0 saturated carbocycles. The van der Waals surface area contributed by atoms with Crippen molar-refractivity contribution in [2.45, 2.75) is 26.7 Å². The summed E-state index contributed by atoms with van der Waals surface area (Å²) in [6.07, 6.45) is 1.46. The lowest BCUT2D eigenvalue weighted by atomic mass is 10.1. The minimum absolute atomic E-state index is 0.0152. The van der Waals surface area contributed by atoms with Crippen molar-refractivity contribution in [3.63, 3.8) is 0 Å². The highest BCUT2D eigenvalue weighted by Crippen LogP contribution is 2.07. The molecule has 1 heterocycles. The summed E-state index contributed by atoms with van der Waals surface area (Å²) < 4.78 is 3.65. The van der Waals surface area contributed by atoms with Crippen LogP contribution < -0.4 is 5.32 Å². The maximum Gasteiger partial charge on any atom is 0.225 e. The van der Waals surface area contributed by atoms with Gasteiger partial charge in [-0.3, -0.25) is 4.79 Å². The van der Waals surface area contributed by atoms with E-state index in [9.17, 15) is 4.79 Å². The minimum atomic E-state index is 0.0152. The summed E-state index contributed by atoms with van der Waals surface area (Å²) in [5.74, 6) is 1.12. The summed E-state index contributed by atoms with van der Waals surface area (Å²) in [6, 6.07) is 0. The molecule has 5 heteroatoms. The second-order valence-corrected chi connectivity index (χ2v) is 3.88. The van der Waals surface area contributed by atoms with Crippen LogP contribution in [0, 0.1) is 5.92 Å². The Balaban J connectivity index is 2.26. The van der Waals surface area contributed by atoms with Gasteiger partial charge in [0, 0.05) is 6.42 Å². The monoisotopic (exact) mass is 199 g/mol. The average Bonchev–Trinajstić information content (AvgIpc) is 2.53. The van der Waals surface area contributed by atoms with Crippen LogP contribution in [0.25, 0.3) is 0 Å². The third-order valence-corrected chi connectivity index (χ3v) is 2.08. The molecular formula is C8H13N3OS. The van der Waals surface area contributed by atoms with E-state index in [2.05, 4.69) is 28.8 Å².